The third-order valence-corrected chi connectivity index (χ3v) is 4.78. The molecule has 4 rings (SSSR count). The summed E-state index contributed by atoms with van der Waals surface area (Å²) in [5, 5.41) is 4.13. The summed E-state index contributed by atoms with van der Waals surface area (Å²) in [6.45, 7) is 1.92. The van der Waals surface area contributed by atoms with Crippen molar-refractivity contribution in [1.29, 1.82) is 0 Å². The van der Waals surface area contributed by atoms with Gasteiger partial charge >= 0.3 is 0 Å². The average Bonchev–Trinajstić information content (AvgIpc) is 3.08. The molecule has 1 heterocycles. The number of aryl methyl sites for hydroxylation is 1. The smallest absolute Gasteiger partial charge is 0.255 e. The van der Waals surface area contributed by atoms with E-state index in [9.17, 15) is 4.79 Å². The summed E-state index contributed by atoms with van der Waals surface area (Å²) in [6, 6.07) is 18.2. The molecule has 27 heavy (non-hydrogen) atoms. The predicted molar refractivity (Wildman–Crippen MR) is 111 cm³/mol. The van der Waals surface area contributed by atoms with Gasteiger partial charge < -0.3 is 10.3 Å². The molecule has 0 fully saturated rings. The minimum absolute atomic E-state index is 0.191. The monoisotopic (exact) mass is 395 g/mol. The quantitative estimate of drug-likeness (QED) is 0.440. The molecule has 134 valence electrons. The number of benzene rings is 3. The van der Waals surface area contributed by atoms with Crippen molar-refractivity contribution in [2.75, 3.05) is 5.32 Å². The van der Waals surface area contributed by atoms with Gasteiger partial charge in [0.15, 0.2) is 0 Å². The molecule has 0 saturated carbocycles. The molecule has 0 aliphatic carbocycles. The Balaban J connectivity index is 1.57. The number of carbonyl (C=O) groups is 1. The molecule has 0 aliphatic rings. The molecule has 0 radical (unpaired) electrons. The van der Waals surface area contributed by atoms with Gasteiger partial charge in [-0.2, -0.15) is 0 Å². The zero-order valence-corrected chi connectivity index (χ0v) is 15.9. The molecule has 6 heteroatoms. The number of aromatic nitrogens is 2. The first kappa shape index (κ1) is 17.6. The second-order valence-electron chi connectivity index (χ2n) is 6.24. The number of nitrogens with zero attached hydrogens (tertiary/aromatic N) is 1. The van der Waals surface area contributed by atoms with Gasteiger partial charge in [0.1, 0.15) is 5.82 Å². The van der Waals surface area contributed by atoms with Gasteiger partial charge in [0.2, 0.25) is 0 Å². The van der Waals surface area contributed by atoms with E-state index in [1.807, 2.05) is 37.3 Å². The molecule has 0 aliphatic heterocycles. The lowest BCUT2D eigenvalue weighted by Gasteiger charge is -2.09. The van der Waals surface area contributed by atoms with E-state index in [0.717, 1.165) is 28.0 Å². The normalized spacial score (nSPS) is 10.9. The summed E-state index contributed by atoms with van der Waals surface area (Å²) in [7, 11) is 0. The maximum atomic E-state index is 12.5. The molecule has 0 unspecified atom stereocenters. The molecule has 4 aromatic rings. The Bertz CT molecular complexity index is 1150. The first-order chi connectivity index (χ1) is 13.0. The highest BCUT2D eigenvalue weighted by atomic mass is 35.5. The van der Waals surface area contributed by atoms with Crippen LogP contribution in [-0.4, -0.2) is 15.9 Å². The number of rotatable bonds is 3. The van der Waals surface area contributed by atoms with E-state index in [0.29, 0.717) is 21.3 Å². The summed E-state index contributed by atoms with van der Waals surface area (Å²) in [6.07, 6.45) is 0. The number of anilines is 1. The fourth-order valence-electron chi connectivity index (χ4n) is 2.82. The van der Waals surface area contributed by atoms with Crippen molar-refractivity contribution in [3.05, 3.63) is 81.8 Å². The van der Waals surface area contributed by atoms with Crippen LogP contribution in [0.2, 0.25) is 10.0 Å². The van der Waals surface area contributed by atoms with Gasteiger partial charge in [-0.25, -0.2) is 4.98 Å². The minimum atomic E-state index is -0.191. The second-order valence-corrected chi connectivity index (χ2v) is 7.11. The minimum Gasteiger partial charge on any atom is -0.338 e. The van der Waals surface area contributed by atoms with Crippen LogP contribution in [0.4, 0.5) is 5.69 Å². The second kappa shape index (κ2) is 7.06. The number of carbonyl (C=O) groups excluding carboxylic acids is 1. The Morgan fingerprint density at radius 1 is 0.963 bits per heavy atom. The lowest BCUT2D eigenvalue weighted by atomic mass is 10.1. The van der Waals surface area contributed by atoms with Crippen molar-refractivity contribution in [2.45, 2.75) is 6.92 Å². The third-order valence-electron chi connectivity index (χ3n) is 4.31. The highest BCUT2D eigenvalue weighted by Crippen LogP contribution is 2.24. The van der Waals surface area contributed by atoms with Crippen LogP contribution in [-0.2, 0) is 0 Å². The van der Waals surface area contributed by atoms with Crippen molar-refractivity contribution in [3.8, 4) is 11.4 Å². The molecule has 0 saturated heterocycles. The van der Waals surface area contributed by atoms with E-state index in [2.05, 4.69) is 15.3 Å². The molecule has 0 spiro atoms. The summed E-state index contributed by atoms with van der Waals surface area (Å²) < 4.78 is 0. The molecule has 3 aromatic carbocycles. The van der Waals surface area contributed by atoms with E-state index in [4.69, 9.17) is 23.2 Å². The molecule has 1 aromatic heterocycles. The lowest BCUT2D eigenvalue weighted by molar-refractivity contribution is 0.102. The van der Waals surface area contributed by atoms with Crippen LogP contribution < -0.4 is 5.32 Å². The van der Waals surface area contributed by atoms with Gasteiger partial charge in [-0.15, -0.1) is 0 Å². The van der Waals surface area contributed by atoms with Crippen LogP contribution in [0.15, 0.2) is 60.7 Å². The summed E-state index contributed by atoms with van der Waals surface area (Å²) in [5.74, 6) is 0.535. The molecular weight excluding hydrogens is 381 g/mol. The van der Waals surface area contributed by atoms with Crippen LogP contribution in [0.25, 0.3) is 22.4 Å². The molecule has 4 nitrogen and oxygen atoms in total. The van der Waals surface area contributed by atoms with Gasteiger partial charge in [-0.1, -0.05) is 41.4 Å². The SMILES string of the molecule is Cc1ccc(Cl)cc1NC(=O)c1ccc(-c2nc3ccc(Cl)cc3[nH]2)cc1. The summed E-state index contributed by atoms with van der Waals surface area (Å²) in [4.78, 5) is 20.3. The number of H-pyrrole nitrogens is 1. The van der Waals surface area contributed by atoms with Crippen LogP contribution in [0, 0.1) is 6.92 Å². The van der Waals surface area contributed by atoms with Crippen molar-refractivity contribution in [2.24, 2.45) is 0 Å². The van der Waals surface area contributed by atoms with Crippen LogP contribution in [0.3, 0.4) is 0 Å². The van der Waals surface area contributed by atoms with Gasteiger partial charge in [-0.05, 0) is 55.0 Å². The largest absolute Gasteiger partial charge is 0.338 e. The molecule has 1 amide bonds. The first-order valence-corrected chi connectivity index (χ1v) is 9.08. The zero-order chi connectivity index (χ0) is 19.0. The van der Waals surface area contributed by atoms with Crippen LogP contribution in [0.5, 0.6) is 0 Å². The van der Waals surface area contributed by atoms with Crippen LogP contribution >= 0.6 is 23.2 Å². The number of hydrogen-bond acceptors (Lipinski definition) is 2. The fourth-order valence-corrected chi connectivity index (χ4v) is 3.17. The summed E-state index contributed by atoms with van der Waals surface area (Å²) >= 11 is 12.0. The Morgan fingerprint density at radius 3 is 2.44 bits per heavy atom. The summed E-state index contributed by atoms with van der Waals surface area (Å²) in [5.41, 5.74) is 4.80. The Morgan fingerprint density at radius 2 is 1.67 bits per heavy atom. The number of nitrogens with one attached hydrogen (secondary N) is 2. The molecule has 2 N–H and O–H groups in total. The molecule has 0 bridgehead atoms. The number of hydrogen-bond donors (Lipinski definition) is 2. The highest BCUT2D eigenvalue weighted by Gasteiger charge is 2.10. The Hall–Kier alpha value is -2.82. The van der Waals surface area contributed by atoms with E-state index < -0.39 is 0 Å². The third kappa shape index (κ3) is 3.68. The van der Waals surface area contributed by atoms with E-state index in [-0.39, 0.29) is 5.91 Å². The van der Waals surface area contributed by atoms with Gasteiger partial charge in [0.05, 0.1) is 11.0 Å². The number of imidazole rings is 1. The zero-order valence-electron chi connectivity index (χ0n) is 14.4. The van der Waals surface area contributed by atoms with Crippen molar-refractivity contribution in [1.82, 2.24) is 9.97 Å². The lowest BCUT2D eigenvalue weighted by Crippen LogP contribution is -2.12. The Kier molecular flexibility index (Phi) is 4.60. The Labute approximate surface area is 166 Å². The number of aromatic amines is 1. The van der Waals surface area contributed by atoms with Gasteiger partial charge in [0.25, 0.3) is 5.91 Å². The fraction of sp³-hybridized carbons (Fsp3) is 0.0476. The van der Waals surface area contributed by atoms with Gasteiger partial charge in [-0.3, -0.25) is 4.79 Å². The van der Waals surface area contributed by atoms with E-state index >= 15 is 0 Å². The van der Waals surface area contributed by atoms with Crippen molar-refractivity contribution in [3.63, 3.8) is 0 Å². The number of halogens is 2. The van der Waals surface area contributed by atoms with E-state index in [1.54, 1.807) is 30.3 Å². The molecular formula is C21H15Cl2N3O. The average molecular weight is 396 g/mol. The molecule has 0 atom stereocenters. The predicted octanol–water partition coefficient (Wildman–Crippen LogP) is 6.10. The van der Waals surface area contributed by atoms with Crippen molar-refractivity contribution >= 4 is 45.8 Å². The van der Waals surface area contributed by atoms with E-state index in [1.165, 1.54) is 0 Å². The number of fused-ring (bicyclic) bond motifs is 1. The maximum Gasteiger partial charge on any atom is 0.255 e. The van der Waals surface area contributed by atoms with Crippen molar-refractivity contribution < 1.29 is 4.79 Å². The van der Waals surface area contributed by atoms with Crippen LogP contribution in [0.1, 0.15) is 15.9 Å². The maximum absolute atomic E-state index is 12.5. The standard InChI is InChI=1S/C21H15Cl2N3O/c1-12-2-7-15(22)10-18(12)26-21(27)14-5-3-13(4-6-14)20-24-17-9-8-16(23)11-19(17)25-20/h2-11H,1H3,(H,24,25)(H,26,27). The topological polar surface area (TPSA) is 57.8 Å². The number of amides is 1. The van der Waals surface area contributed by atoms with Gasteiger partial charge in [0, 0.05) is 26.9 Å². The highest BCUT2D eigenvalue weighted by molar-refractivity contribution is 6.31. The first-order valence-electron chi connectivity index (χ1n) is 8.33.